The lowest BCUT2D eigenvalue weighted by atomic mass is 9.82. The summed E-state index contributed by atoms with van der Waals surface area (Å²) >= 11 is 0. The highest BCUT2D eigenvalue weighted by atomic mass is 16.4. The Balaban J connectivity index is 2.72. The number of carboxylic acids is 1. The van der Waals surface area contributed by atoms with Gasteiger partial charge in [0.05, 0.1) is 5.41 Å². The first-order valence-corrected chi connectivity index (χ1v) is 7.61. The van der Waals surface area contributed by atoms with Crippen LogP contribution in [-0.2, 0) is 4.79 Å². The highest BCUT2D eigenvalue weighted by Crippen LogP contribution is 2.30. The van der Waals surface area contributed by atoms with Gasteiger partial charge in [-0.05, 0) is 32.6 Å². The second-order valence-corrected chi connectivity index (χ2v) is 6.23. The third kappa shape index (κ3) is 3.87. The van der Waals surface area contributed by atoms with E-state index in [0.29, 0.717) is 32.0 Å². The Bertz CT molecular complexity index is 359. The van der Waals surface area contributed by atoms with Crippen molar-refractivity contribution in [2.45, 2.75) is 47.0 Å². The fraction of sp³-hybridized carbons (Fsp3) is 0.867. The van der Waals surface area contributed by atoms with E-state index in [2.05, 4.69) is 13.8 Å². The van der Waals surface area contributed by atoms with Gasteiger partial charge < -0.3 is 14.9 Å². The van der Waals surface area contributed by atoms with Gasteiger partial charge in [-0.25, -0.2) is 4.79 Å². The molecule has 0 aromatic rings. The van der Waals surface area contributed by atoms with Gasteiger partial charge in [0.1, 0.15) is 0 Å². The molecule has 1 fully saturated rings. The number of carbonyl (C=O) groups is 2. The predicted octanol–water partition coefficient (Wildman–Crippen LogP) is 2.66. The first kappa shape index (κ1) is 16.8. The molecule has 0 aromatic carbocycles. The lowest BCUT2D eigenvalue weighted by molar-refractivity contribution is -0.150. The van der Waals surface area contributed by atoms with E-state index in [1.165, 1.54) is 0 Å². The minimum Gasteiger partial charge on any atom is -0.481 e. The molecule has 5 heteroatoms. The molecule has 1 saturated heterocycles. The molecule has 1 N–H and O–H groups in total. The molecule has 20 heavy (non-hydrogen) atoms. The van der Waals surface area contributed by atoms with Crippen LogP contribution in [0.5, 0.6) is 0 Å². The lowest BCUT2D eigenvalue weighted by Crippen LogP contribution is -2.53. The molecule has 1 aliphatic heterocycles. The third-order valence-corrected chi connectivity index (χ3v) is 4.36. The van der Waals surface area contributed by atoms with Crippen LogP contribution in [0.15, 0.2) is 0 Å². The van der Waals surface area contributed by atoms with Crippen LogP contribution in [-0.4, -0.2) is 53.1 Å². The summed E-state index contributed by atoms with van der Waals surface area (Å²) in [5.74, 6) is -0.338. The van der Waals surface area contributed by atoms with Gasteiger partial charge in [0.25, 0.3) is 0 Å². The van der Waals surface area contributed by atoms with Crippen molar-refractivity contribution in [2.75, 3.05) is 26.2 Å². The normalized spacial score (nSPS) is 24.3. The predicted molar refractivity (Wildman–Crippen MR) is 78.6 cm³/mol. The quantitative estimate of drug-likeness (QED) is 0.844. The van der Waals surface area contributed by atoms with Crippen LogP contribution in [0.3, 0.4) is 0 Å². The molecule has 0 aromatic heterocycles. The molecule has 0 saturated carbocycles. The molecule has 0 radical (unpaired) electrons. The maximum Gasteiger partial charge on any atom is 0.320 e. The Morgan fingerprint density at radius 3 is 2.55 bits per heavy atom. The van der Waals surface area contributed by atoms with Gasteiger partial charge in [-0.1, -0.05) is 20.3 Å². The molecule has 1 heterocycles. The van der Waals surface area contributed by atoms with Gasteiger partial charge in [-0.15, -0.1) is 0 Å². The molecule has 2 amide bonds. The van der Waals surface area contributed by atoms with E-state index in [0.717, 1.165) is 19.4 Å². The lowest BCUT2D eigenvalue weighted by Gasteiger charge is -2.40. The third-order valence-electron chi connectivity index (χ3n) is 4.36. The van der Waals surface area contributed by atoms with E-state index >= 15 is 0 Å². The number of amides is 2. The Labute approximate surface area is 121 Å². The van der Waals surface area contributed by atoms with Gasteiger partial charge in [0, 0.05) is 26.2 Å². The Morgan fingerprint density at radius 1 is 1.40 bits per heavy atom. The van der Waals surface area contributed by atoms with Crippen molar-refractivity contribution >= 4 is 12.0 Å². The average molecular weight is 284 g/mol. The first-order chi connectivity index (χ1) is 9.34. The highest BCUT2D eigenvalue weighted by Gasteiger charge is 2.40. The van der Waals surface area contributed by atoms with Crippen molar-refractivity contribution in [2.24, 2.45) is 11.3 Å². The van der Waals surface area contributed by atoms with Crippen LogP contribution >= 0.6 is 0 Å². The molecular formula is C15H28N2O3. The largest absolute Gasteiger partial charge is 0.481 e. The second-order valence-electron chi connectivity index (χ2n) is 6.23. The fourth-order valence-corrected chi connectivity index (χ4v) is 2.63. The van der Waals surface area contributed by atoms with Crippen molar-refractivity contribution in [1.82, 2.24) is 9.80 Å². The number of aliphatic carboxylic acids is 1. The molecule has 0 aliphatic carbocycles. The van der Waals surface area contributed by atoms with E-state index < -0.39 is 11.4 Å². The molecule has 2 atom stereocenters. The molecule has 5 nitrogen and oxygen atoms in total. The number of urea groups is 1. The van der Waals surface area contributed by atoms with E-state index in [4.69, 9.17) is 0 Å². The summed E-state index contributed by atoms with van der Waals surface area (Å²) in [6.07, 6.45) is 2.44. The van der Waals surface area contributed by atoms with Gasteiger partial charge in [0.15, 0.2) is 0 Å². The topological polar surface area (TPSA) is 60.9 Å². The van der Waals surface area contributed by atoms with Gasteiger partial charge in [0.2, 0.25) is 0 Å². The summed E-state index contributed by atoms with van der Waals surface area (Å²) in [6.45, 7) is 10.4. The summed E-state index contributed by atoms with van der Waals surface area (Å²) in [4.78, 5) is 27.5. The number of likely N-dealkylation sites (tertiary alicyclic amines) is 1. The number of rotatable bonds is 5. The van der Waals surface area contributed by atoms with Gasteiger partial charge >= 0.3 is 12.0 Å². The van der Waals surface area contributed by atoms with E-state index in [-0.39, 0.29) is 6.03 Å². The maximum absolute atomic E-state index is 12.6. The zero-order chi connectivity index (χ0) is 15.3. The Hall–Kier alpha value is -1.26. The van der Waals surface area contributed by atoms with Crippen molar-refractivity contribution < 1.29 is 14.7 Å². The second kappa shape index (κ2) is 6.95. The summed E-state index contributed by atoms with van der Waals surface area (Å²) in [5, 5.41) is 9.32. The van der Waals surface area contributed by atoms with E-state index in [9.17, 15) is 14.7 Å². The molecule has 1 aliphatic rings. The number of piperidine rings is 1. The molecule has 0 bridgehead atoms. The van der Waals surface area contributed by atoms with E-state index in [1.807, 2.05) is 11.8 Å². The highest BCUT2D eigenvalue weighted by molar-refractivity contribution is 5.78. The Kier molecular flexibility index (Phi) is 5.84. The summed E-state index contributed by atoms with van der Waals surface area (Å²) in [7, 11) is 0. The van der Waals surface area contributed by atoms with E-state index in [1.54, 1.807) is 11.8 Å². The van der Waals surface area contributed by atoms with Crippen LogP contribution in [0.25, 0.3) is 0 Å². The standard InChI is InChI=1S/C15H28N2O3/c1-5-12(3)10-16(6-2)14(20)17-9-7-8-15(4,11-17)13(18)19/h12H,5-11H2,1-4H3,(H,18,19). The fourth-order valence-electron chi connectivity index (χ4n) is 2.63. The number of carboxylic acid groups (broad SMARTS) is 1. The molecular weight excluding hydrogens is 256 g/mol. The number of carbonyl (C=O) groups excluding carboxylic acids is 1. The van der Waals surface area contributed by atoms with Gasteiger partial charge in [-0.3, -0.25) is 4.79 Å². The SMILES string of the molecule is CCC(C)CN(CC)C(=O)N1CCCC(C)(C(=O)O)C1. The number of hydrogen-bond acceptors (Lipinski definition) is 2. The zero-order valence-corrected chi connectivity index (χ0v) is 13.2. The van der Waals surface area contributed by atoms with Crippen LogP contribution in [0.2, 0.25) is 0 Å². The minimum atomic E-state index is -0.806. The Morgan fingerprint density at radius 2 is 2.05 bits per heavy atom. The molecule has 116 valence electrons. The number of hydrogen-bond donors (Lipinski definition) is 1. The maximum atomic E-state index is 12.6. The minimum absolute atomic E-state index is 0.0139. The van der Waals surface area contributed by atoms with Crippen LogP contribution in [0.4, 0.5) is 4.79 Å². The van der Waals surface area contributed by atoms with Crippen LogP contribution in [0, 0.1) is 11.3 Å². The zero-order valence-electron chi connectivity index (χ0n) is 13.2. The van der Waals surface area contributed by atoms with Crippen molar-refractivity contribution in [3.63, 3.8) is 0 Å². The molecule has 2 unspecified atom stereocenters. The first-order valence-electron chi connectivity index (χ1n) is 7.61. The molecule has 0 spiro atoms. The van der Waals surface area contributed by atoms with Crippen molar-refractivity contribution in [3.8, 4) is 0 Å². The smallest absolute Gasteiger partial charge is 0.320 e. The van der Waals surface area contributed by atoms with Crippen LogP contribution < -0.4 is 0 Å². The monoisotopic (exact) mass is 284 g/mol. The van der Waals surface area contributed by atoms with Gasteiger partial charge in [-0.2, -0.15) is 0 Å². The summed E-state index contributed by atoms with van der Waals surface area (Å²) < 4.78 is 0. The average Bonchev–Trinajstić information content (AvgIpc) is 2.43. The molecule has 1 rings (SSSR count). The van der Waals surface area contributed by atoms with Crippen LogP contribution in [0.1, 0.15) is 47.0 Å². The van der Waals surface area contributed by atoms with Crippen molar-refractivity contribution in [3.05, 3.63) is 0 Å². The summed E-state index contributed by atoms with van der Waals surface area (Å²) in [5.41, 5.74) is -0.802. The van der Waals surface area contributed by atoms with Crippen molar-refractivity contribution in [1.29, 1.82) is 0 Å². The summed E-state index contributed by atoms with van der Waals surface area (Å²) in [6, 6.07) is -0.0139. The number of nitrogens with zero attached hydrogens (tertiary/aromatic N) is 2.